The fourth-order valence-electron chi connectivity index (χ4n) is 3.08. The highest BCUT2D eigenvalue weighted by atomic mass is 35.5. The first-order chi connectivity index (χ1) is 13.4. The van der Waals surface area contributed by atoms with Crippen LogP contribution in [0.4, 0.5) is 0 Å². The maximum atomic E-state index is 12.5. The van der Waals surface area contributed by atoms with E-state index in [-0.39, 0.29) is 17.0 Å². The van der Waals surface area contributed by atoms with Crippen LogP contribution in [0.5, 0.6) is 5.75 Å². The quantitative estimate of drug-likeness (QED) is 0.605. The van der Waals surface area contributed by atoms with Crippen LogP contribution in [0.2, 0.25) is 5.02 Å². The van der Waals surface area contributed by atoms with Gasteiger partial charge < -0.3 is 19.3 Å². The lowest BCUT2D eigenvalue weighted by Gasteiger charge is -2.35. The lowest BCUT2D eigenvalue weighted by Crippen LogP contribution is -2.38. The number of phenolic OH excluding ortho intramolecular Hbond substituents is 1. The fourth-order valence-corrected chi connectivity index (χ4v) is 5.37. The van der Waals surface area contributed by atoms with Crippen molar-refractivity contribution >= 4 is 41.0 Å². The predicted octanol–water partition coefficient (Wildman–Crippen LogP) is 4.60. The maximum absolute atomic E-state index is 12.5. The van der Waals surface area contributed by atoms with E-state index >= 15 is 0 Å². The van der Waals surface area contributed by atoms with Crippen molar-refractivity contribution in [2.24, 2.45) is 0 Å². The van der Waals surface area contributed by atoms with E-state index in [0.717, 1.165) is 35.3 Å². The van der Waals surface area contributed by atoms with Crippen molar-refractivity contribution in [1.82, 2.24) is 9.80 Å². The van der Waals surface area contributed by atoms with Crippen molar-refractivity contribution in [2.45, 2.75) is 24.1 Å². The largest absolute Gasteiger partial charge is 0.508 e. The second-order valence-electron chi connectivity index (χ2n) is 6.92. The van der Waals surface area contributed by atoms with Gasteiger partial charge in [-0.2, -0.15) is 11.8 Å². The maximum Gasteiger partial charge on any atom is 0.224 e. The van der Waals surface area contributed by atoms with E-state index in [4.69, 9.17) is 16.0 Å². The number of benzene rings is 1. The number of halogens is 1. The van der Waals surface area contributed by atoms with Gasteiger partial charge in [0.25, 0.3) is 0 Å². The minimum absolute atomic E-state index is 0.120. The fraction of sp³-hybridized carbons (Fsp3) is 0.450. The molecule has 152 valence electrons. The molecule has 3 rings (SSSR count). The molecular weight excluding hydrogens is 416 g/mol. The number of carbonyl (C=O) groups is 1. The average molecular weight is 441 g/mol. The van der Waals surface area contributed by atoms with Gasteiger partial charge in [-0.3, -0.25) is 4.79 Å². The number of thioether (sulfide) groups is 2. The lowest BCUT2D eigenvalue weighted by atomic mass is 10.1. The third-order valence-corrected chi connectivity index (χ3v) is 6.82. The Morgan fingerprint density at radius 2 is 2.11 bits per heavy atom. The first kappa shape index (κ1) is 21.4. The smallest absolute Gasteiger partial charge is 0.224 e. The number of hydrogen-bond donors (Lipinski definition) is 1. The van der Waals surface area contributed by atoms with E-state index in [2.05, 4.69) is 4.90 Å². The molecule has 0 aliphatic carbocycles. The van der Waals surface area contributed by atoms with Gasteiger partial charge in [-0.1, -0.05) is 11.6 Å². The molecule has 5 nitrogen and oxygen atoms in total. The van der Waals surface area contributed by atoms with Gasteiger partial charge in [-0.05, 0) is 44.4 Å². The number of furan rings is 1. The number of hydrogen-bond acceptors (Lipinski definition) is 6. The van der Waals surface area contributed by atoms with Crippen LogP contribution < -0.4 is 0 Å². The molecule has 1 N–H and O–H groups in total. The zero-order chi connectivity index (χ0) is 20.1. The molecule has 8 heteroatoms. The summed E-state index contributed by atoms with van der Waals surface area (Å²) in [6.45, 7) is 1.41. The number of amides is 1. The third-order valence-electron chi connectivity index (χ3n) is 4.36. The summed E-state index contributed by atoms with van der Waals surface area (Å²) < 4.78 is 5.83. The van der Waals surface area contributed by atoms with Crippen molar-refractivity contribution < 1.29 is 14.3 Å². The summed E-state index contributed by atoms with van der Waals surface area (Å²) in [6, 6.07) is 9.03. The molecule has 2 heterocycles. The van der Waals surface area contributed by atoms with Gasteiger partial charge in [0.2, 0.25) is 5.91 Å². The number of carbonyl (C=O) groups excluding carboxylic acids is 1. The van der Waals surface area contributed by atoms with Gasteiger partial charge in [0, 0.05) is 35.1 Å². The summed E-state index contributed by atoms with van der Waals surface area (Å²) in [4.78, 5) is 16.4. The highest BCUT2D eigenvalue weighted by Crippen LogP contribution is 2.42. The van der Waals surface area contributed by atoms with Crippen molar-refractivity contribution in [2.75, 3.05) is 32.1 Å². The summed E-state index contributed by atoms with van der Waals surface area (Å²) in [7, 11) is 4.03. The van der Waals surface area contributed by atoms with E-state index in [0.29, 0.717) is 23.6 Å². The molecule has 1 aromatic carbocycles. The van der Waals surface area contributed by atoms with E-state index in [1.165, 1.54) is 0 Å². The van der Waals surface area contributed by atoms with Gasteiger partial charge in [0.05, 0.1) is 12.3 Å². The highest BCUT2D eigenvalue weighted by molar-refractivity contribution is 7.99. The Morgan fingerprint density at radius 1 is 1.32 bits per heavy atom. The highest BCUT2D eigenvalue weighted by Gasteiger charge is 2.31. The Balaban J connectivity index is 1.57. The van der Waals surface area contributed by atoms with Crippen LogP contribution in [-0.2, 0) is 17.1 Å². The molecule has 1 aliphatic rings. The molecule has 1 amide bonds. The second-order valence-corrected chi connectivity index (χ2v) is 9.65. The molecule has 28 heavy (non-hydrogen) atoms. The number of rotatable bonds is 8. The molecule has 1 atom stereocenters. The Kier molecular flexibility index (Phi) is 7.62. The topological polar surface area (TPSA) is 56.9 Å². The van der Waals surface area contributed by atoms with Gasteiger partial charge >= 0.3 is 0 Å². The van der Waals surface area contributed by atoms with Gasteiger partial charge in [0.1, 0.15) is 22.6 Å². The average Bonchev–Trinajstić information content (AvgIpc) is 3.08. The van der Waals surface area contributed by atoms with Crippen LogP contribution in [0.1, 0.15) is 28.9 Å². The Labute approximate surface area is 179 Å². The number of nitrogens with zero attached hydrogens (tertiary/aromatic N) is 2. The zero-order valence-electron chi connectivity index (χ0n) is 16.1. The van der Waals surface area contributed by atoms with Crippen molar-refractivity contribution in [3.05, 3.63) is 52.4 Å². The normalized spacial score (nSPS) is 17.5. The molecule has 1 saturated heterocycles. The summed E-state index contributed by atoms with van der Waals surface area (Å²) in [6.07, 6.45) is 0.527. The Bertz CT molecular complexity index is 812. The standard InChI is InChI=1S/C20H25ClN2O3S2/c1-22(2)12-15-4-5-16(26-15)13-27-10-8-23-19(25)7-9-28-20(23)17-11-14(21)3-6-18(17)24/h3-6,11,20,24H,7-10,12-13H2,1-2H3. The van der Waals surface area contributed by atoms with Crippen LogP contribution in [0.25, 0.3) is 0 Å². The van der Waals surface area contributed by atoms with Crippen molar-refractivity contribution in [3.8, 4) is 5.75 Å². The summed E-state index contributed by atoms with van der Waals surface area (Å²) in [5, 5.41) is 10.6. The van der Waals surface area contributed by atoms with Crippen LogP contribution in [0.3, 0.4) is 0 Å². The molecule has 1 aromatic heterocycles. The van der Waals surface area contributed by atoms with Crippen molar-refractivity contribution in [3.63, 3.8) is 0 Å². The zero-order valence-corrected chi connectivity index (χ0v) is 18.4. The van der Waals surface area contributed by atoms with Crippen LogP contribution >= 0.6 is 35.1 Å². The van der Waals surface area contributed by atoms with E-state index in [9.17, 15) is 9.90 Å². The van der Waals surface area contributed by atoms with Crippen molar-refractivity contribution in [1.29, 1.82) is 0 Å². The monoisotopic (exact) mass is 440 g/mol. The molecule has 1 unspecified atom stereocenters. The van der Waals surface area contributed by atoms with E-state index in [1.807, 2.05) is 31.1 Å². The molecular formula is C20H25ClN2O3S2. The minimum Gasteiger partial charge on any atom is -0.508 e. The van der Waals surface area contributed by atoms with Crippen LogP contribution in [0, 0.1) is 0 Å². The predicted molar refractivity (Wildman–Crippen MR) is 117 cm³/mol. The van der Waals surface area contributed by atoms with Crippen LogP contribution in [0.15, 0.2) is 34.7 Å². The number of phenols is 1. The van der Waals surface area contributed by atoms with Gasteiger partial charge in [-0.15, -0.1) is 11.8 Å². The second kappa shape index (κ2) is 9.96. The number of aromatic hydroxyl groups is 1. The van der Waals surface area contributed by atoms with Gasteiger partial charge in [0.15, 0.2) is 0 Å². The molecule has 0 bridgehead atoms. The lowest BCUT2D eigenvalue weighted by molar-refractivity contribution is -0.131. The third kappa shape index (κ3) is 5.63. The van der Waals surface area contributed by atoms with Crippen LogP contribution in [-0.4, -0.2) is 53.0 Å². The first-order valence-electron chi connectivity index (χ1n) is 9.13. The van der Waals surface area contributed by atoms with E-state index < -0.39 is 0 Å². The molecule has 0 spiro atoms. The SMILES string of the molecule is CN(C)Cc1ccc(CSCCN2C(=O)CCSC2c2cc(Cl)ccc2O)o1. The first-order valence-corrected chi connectivity index (χ1v) is 11.7. The molecule has 1 fully saturated rings. The Morgan fingerprint density at radius 3 is 2.89 bits per heavy atom. The van der Waals surface area contributed by atoms with Gasteiger partial charge in [-0.25, -0.2) is 0 Å². The summed E-state index contributed by atoms with van der Waals surface area (Å²) >= 11 is 9.52. The minimum atomic E-state index is -0.198. The molecule has 1 aliphatic heterocycles. The summed E-state index contributed by atoms with van der Waals surface area (Å²) in [5.74, 6) is 4.53. The molecule has 2 aromatic rings. The van der Waals surface area contributed by atoms with E-state index in [1.54, 1.807) is 41.7 Å². The molecule has 0 radical (unpaired) electrons. The summed E-state index contributed by atoms with van der Waals surface area (Å²) in [5.41, 5.74) is 0.704. The Hall–Kier alpha value is -1.28. The molecule has 0 saturated carbocycles.